The van der Waals surface area contributed by atoms with Gasteiger partial charge >= 0.3 is 5.97 Å². The molecule has 0 spiro atoms. The summed E-state index contributed by atoms with van der Waals surface area (Å²) in [6, 6.07) is 3.79. The molecule has 2 fully saturated rings. The molecule has 1 aromatic heterocycles. The Hall–Kier alpha value is -1.37. The number of carboxylic acids is 1. The second kappa shape index (κ2) is 5.95. The Kier molecular flexibility index (Phi) is 4.05. The van der Waals surface area contributed by atoms with Crippen LogP contribution >= 0.6 is 0 Å². The number of ether oxygens (including phenoxy) is 1. The quantitative estimate of drug-likeness (QED) is 0.836. The third kappa shape index (κ3) is 3.03. The van der Waals surface area contributed by atoms with Gasteiger partial charge in [-0.1, -0.05) is 0 Å². The first kappa shape index (κ1) is 13.6. The van der Waals surface area contributed by atoms with E-state index in [9.17, 15) is 4.79 Å². The molecule has 6 heteroatoms. The molecule has 110 valence electrons. The molecule has 2 unspecified atom stereocenters. The Labute approximate surface area is 117 Å². The summed E-state index contributed by atoms with van der Waals surface area (Å²) in [7, 11) is 0. The number of fused-ring (bicyclic) bond motifs is 1. The number of furan rings is 1. The van der Waals surface area contributed by atoms with E-state index < -0.39 is 5.97 Å². The molecule has 0 aromatic carbocycles. The van der Waals surface area contributed by atoms with Crippen molar-refractivity contribution in [3.8, 4) is 0 Å². The Bertz CT molecular complexity index is 473. The number of morpholine rings is 1. The van der Waals surface area contributed by atoms with Crippen molar-refractivity contribution < 1.29 is 19.1 Å². The number of carboxylic acid groups (broad SMARTS) is 1. The fourth-order valence-electron chi connectivity index (χ4n) is 2.95. The van der Waals surface area contributed by atoms with Crippen molar-refractivity contribution in [1.82, 2.24) is 10.2 Å². The molecule has 3 heterocycles. The fraction of sp³-hybridized carbons (Fsp3) is 0.643. The molecule has 2 aliphatic rings. The Balaban J connectivity index is 1.42. The van der Waals surface area contributed by atoms with Crippen molar-refractivity contribution in [2.45, 2.75) is 31.5 Å². The summed E-state index contributed by atoms with van der Waals surface area (Å²) < 4.78 is 11.0. The van der Waals surface area contributed by atoms with Gasteiger partial charge in [0.05, 0.1) is 19.3 Å². The summed E-state index contributed by atoms with van der Waals surface area (Å²) in [5, 5.41) is 12.0. The maximum atomic E-state index is 10.7. The lowest BCUT2D eigenvalue weighted by molar-refractivity contribution is -0.0471. The molecular weight excluding hydrogens is 260 g/mol. The molecule has 1 aromatic rings. The second-order valence-corrected chi connectivity index (χ2v) is 5.45. The number of hydrogen-bond donors (Lipinski definition) is 2. The van der Waals surface area contributed by atoms with E-state index in [-0.39, 0.29) is 11.9 Å². The van der Waals surface area contributed by atoms with E-state index in [1.165, 1.54) is 25.5 Å². The average molecular weight is 280 g/mol. The normalized spacial score (nSPS) is 26.6. The largest absolute Gasteiger partial charge is 0.475 e. The van der Waals surface area contributed by atoms with E-state index in [0.29, 0.717) is 18.3 Å². The zero-order valence-electron chi connectivity index (χ0n) is 11.4. The molecule has 2 N–H and O–H groups in total. The number of carbonyl (C=O) groups is 1. The zero-order chi connectivity index (χ0) is 13.9. The lowest BCUT2D eigenvalue weighted by Gasteiger charge is -2.35. The molecule has 0 amide bonds. The van der Waals surface area contributed by atoms with Gasteiger partial charge in [-0.25, -0.2) is 4.79 Å². The summed E-state index contributed by atoms with van der Waals surface area (Å²) in [4.78, 5) is 13.2. The molecule has 3 rings (SSSR count). The maximum absolute atomic E-state index is 10.7. The molecule has 2 atom stereocenters. The minimum atomic E-state index is -1.04. The van der Waals surface area contributed by atoms with E-state index in [0.717, 1.165) is 19.7 Å². The van der Waals surface area contributed by atoms with Gasteiger partial charge < -0.3 is 19.6 Å². The Morgan fingerprint density at radius 2 is 2.40 bits per heavy atom. The molecule has 2 aliphatic heterocycles. The molecule has 0 bridgehead atoms. The van der Waals surface area contributed by atoms with Crippen molar-refractivity contribution in [2.75, 3.05) is 26.2 Å². The topological polar surface area (TPSA) is 74.9 Å². The first-order chi connectivity index (χ1) is 9.72. The van der Waals surface area contributed by atoms with Crippen molar-refractivity contribution in [2.24, 2.45) is 0 Å². The van der Waals surface area contributed by atoms with E-state index in [2.05, 4.69) is 10.2 Å². The first-order valence-electron chi connectivity index (χ1n) is 7.11. The maximum Gasteiger partial charge on any atom is 0.371 e. The highest BCUT2D eigenvalue weighted by molar-refractivity contribution is 5.84. The minimum Gasteiger partial charge on any atom is -0.475 e. The van der Waals surface area contributed by atoms with E-state index in [1.807, 2.05) is 0 Å². The van der Waals surface area contributed by atoms with Gasteiger partial charge in [0.15, 0.2) is 0 Å². The summed E-state index contributed by atoms with van der Waals surface area (Å²) in [5.41, 5.74) is 0. The number of nitrogens with zero attached hydrogens (tertiary/aromatic N) is 1. The van der Waals surface area contributed by atoms with E-state index >= 15 is 0 Å². The van der Waals surface area contributed by atoms with Crippen LogP contribution in [0.15, 0.2) is 16.5 Å². The predicted octanol–water partition coefficient (Wildman–Crippen LogP) is 0.931. The first-order valence-corrected chi connectivity index (χ1v) is 7.11. The van der Waals surface area contributed by atoms with Crippen LogP contribution in [-0.2, 0) is 11.3 Å². The number of hydrogen-bond acceptors (Lipinski definition) is 5. The second-order valence-electron chi connectivity index (χ2n) is 5.45. The summed E-state index contributed by atoms with van der Waals surface area (Å²) >= 11 is 0. The van der Waals surface area contributed by atoms with Crippen LogP contribution in [0, 0.1) is 0 Å². The van der Waals surface area contributed by atoms with Gasteiger partial charge in [-0.05, 0) is 31.5 Å². The van der Waals surface area contributed by atoms with Gasteiger partial charge in [0.2, 0.25) is 5.76 Å². The molecule has 0 radical (unpaired) electrons. The minimum absolute atomic E-state index is 0.0179. The van der Waals surface area contributed by atoms with Crippen LogP contribution in [0.5, 0.6) is 0 Å². The van der Waals surface area contributed by atoms with Crippen molar-refractivity contribution >= 4 is 5.97 Å². The summed E-state index contributed by atoms with van der Waals surface area (Å²) in [6.45, 7) is 4.28. The number of aromatic carboxylic acids is 1. The molecule has 6 nitrogen and oxygen atoms in total. The Morgan fingerprint density at radius 1 is 1.50 bits per heavy atom. The van der Waals surface area contributed by atoms with Gasteiger partial charge in [-0.15, -0.1) is 0 Å². The molecule has 0 saturated carbocycles. The van der Waals surface area contributed by atoms with Crippen LogP contribution in [0.25, 0.3) is 0 Å². The van der Waals surface area contributed by atoms with Crippen LogP contribution in [-0.4, -0.2) is 54.4 Å². The predicted molar refractivity (Wildman–Crippen MR) is 71.7 cm³/mol. The summed E-state index contributed by atoms with van der Waals surface area (Å²) in [6.07, 6.45) is 2.74. The summed E-state index contributed by atoms with van der Waals surface area (Å²) in [5.74, 6) is -0.417. The van der Waals surface area contributed by atoms with Crippen LogP contribution in [0.4, 0.5) is 0 Å². The highest BCUT2D eigenvalue weighted by Gasteiger charge is 2.31. The zero-order valence-corrected chi connectivity index (χ0v) is 11.4. The van der Waals surface area contributed by atoms with Gasteiger partial charge in [0, 0.05) is 19.1 Å². The van der Waals surface area contributed by atoms with Crippen LogP contribution in [0.3, 0.4) is 0 Å². The number of rotatable bonds is 5. The van der Waals surface area contributed by atoms with E-state index in [4.69, 9.17) is 14.3 Å². The third-order valence-electron chi connectivity index (χ3n) is 4.01. The van der Waals surface area contributed by atoms with Crippen molar-refractivity contribution in [1.29, 1.82) is 0 Å². The highest BCUT2D eigenvalue weighted by atomic mass is 16.5. The molecule has 20 heavy (non-hydrogen) atoms. The van der Waals surface area contributed by atoms with Crippen molar-refractivity contribution in [3.63, 3.8) is 0 Å². The van der Waals surface area contributed by atoms with Gasteiger partial charge in [-0.3, -0.25) is 4.90 Å². The van der Waals surface area contributed by atoms with Gasteiger partial charge in [0.1, 0.15) is 5.76 Å². The van der Waals surface area contributed by atoms with E-state index in [1.54, 1.807) is 6.07 Å². The Morgan fingerprint density at radius 3 is 3.20 bits per heavy atom. The smallest absolute Gasteiger partial charge is 0.371 e. The lowest BCUT2D eigenvalue weighted by Crippen LogP contribution is -2.49. The van der Waals surface area contributed by atoms with Crippen LogP contribution in [0.2, 0.25) is 0 Å². The van der Waals surface area contributed by atoms with Gasteiger partial charge in [-0.2, -0.15) is 0 Å². The van der Waals surface area contributed by atoms with Crippen LogP contribution < -0.4 is 5.32 Å². The highest BCUT2D eigenvalue weighted by Crippen LogP contribution is 2.22. The number of nitrogens with one attached hydrogen (secondary N) is 1. The monoisotopic (exact) mass is 280 g/mol. The average Bonchev–Trinajstić information content (AvgIpc) is 3.06. The SMILES string of the molecule is O=C(O)c1ccc(CNCC2CN3CCCC3CO2)o1. The molecule has 2 saturated heterocycles. The van der Waals surface area contributed by atoms with Gasteiger partial charge in [0.25, 0.3) is 0 Å². The van der Waals surface area contributed by atoms with Crippen molar-refractivity contribution in [3.05, 3.63) is 23.7 Å². The third-order valence-corrected chi connectivity index (χ3v) is 4.01. The standard InChI is InChI=1S/C14H20N2O4/c17-14(18)13-4-3-11(20-13)6-15-7-12-8-16-5-1-2-10(16)9-19-12/h3-4,10,12,15H,1-2,5-9H2,(H,17,18). The lowest BCUT2D eigenvalue weighted by atomic mass is 10.2. The fourth-order valence-corrected chi connectivity index (χ4v) is 2.95. The van der Waals surface area contributed by atoms with Crippen LogP contribution in [0.1, 0.15) is 29.2 Å². The molecule has 0 aliphatic carbocycles. The molecular formula is C14H20N2O4.